The molecule has 2 atom stereocenters. The highest BCUT2D eigenvalue weighted by molar-refractivity contribution is 6.36. The van der Waals surface area contributed by atoms with Gasteiger partial charge in [0.1, 0.15) is 0 Å². The van der Waals surface area contributed by atoms with Crippen molar-refractivity contribution >= 4 is 23.2 Å². The Morgan fingerprint density at radius 2 is 1.88 bits per heavy atom. The fourth-order valence-electron chi connectivity index (χ4n) is 1.91. The van der Waals surface area contributed by atoms with E-state index in [1.807, 2.05) is 0 Å². The van der Waals surface area contributed by atoms with E-state index in [1.165, 1.54) is 0 Å². The Morgan fingerprint density at radius 3 is 2.31 bits per heavy atom. The molecule has 2 unspecified atom stereocenters. The molecule has 1 aromatic carbocycles. The highest BCUT2D eigenvalue weighted by atomic mass is 35.5. The lowest BCUT2D eigenvalue weighted by Crippen LogP contribution is -2.09. The summed E-state index contributed by atoms with van der Waals surface area (Å²) in [6.45, 7) is 4.18. The van der Waals surface area contributed by atoms with Crippen molar-refractivity contribution in [3.05, 3.63) is 33.8 Å². The van der Waals surface area contributed by atoms with Crippen molar-refractivity contribution in [2.75, 3.05) is 0 Å². The van der Waals surface area contributed by atoms with Gasteiger partial charge in [0.05, 0.1) is 12.0 Å². The fourth-order valence-corrected chi connectivity index (χ4v) is 2.54. The first kappa shape index (κ1) is 13.4. The highest BCUT2D eigenvalue weighted by Gasteiger charge is 2.23. The van der Waals surface area contributed by atoms with Crippen molar-refractivity contribution in [1.29, 1.82) is 5.26 Å². The van der Waals surface area contributed by atoms with E-state index in [4.69, 9.17) is 23.2 Å². The third-order valence-electron chi connectivity index (χ3n) is 2.76. The average Bonchev–Trinajstić information content (AvgIpc) is 2.24. The highest BCUT2D eigenvalue weighted by Crippen LogP contribution is 2.36. The molecule has 0 aliphatic heterocycles. The van der Waals surface area contributed by atoms with Crippen LogP contribution < -0.4 is 0 Å². The number of nitriles is 1. The average molecular weight is 256 g/mol. The van der Waals surface area contributed by atoms with Crippen LogP contribution in [0.3, 0.4) is 0 Å². The van der Waals surface area contributed by atoms with Crippen molar-refractivity contribution < 1.29 is 0 Å². The van der Waals surface area contributed by atoms with Crippen LogP contribution >= 0.6 is 23.2 Å². The predicted octanol–water partition coefficient (Wildman–Crippen LogP) is 5.04. The minimum absolute atomic E-state index is 0.221. The minimum Gasteiger partial charge on any atom is -0.198 e. The number of hydrogen-bond donors (Lipinski definition) is 0. The number of halogens is 2. The van der Waals surface area contributed by atoms with Crippen LogP contribution in [-0.2, 0) is 0 Å². The maximum Gasteiger partial charge on any atom is 0.0767 e. The quantitative estimate of drug-likeness (QED) is 0.740. The van der Waals surface area contributed by atoms with E-state index in [0.717, 1.165) is 18.4 Å². The van der Waals surface area contributed by atoms with Gasteiger partial charge in [-0.3, -0.25) is 0 Å². The van der Waals surface area contributed by atoms with Gasteiger partial charge in [-0.1, -0.05) is 49.5 Å². The molecule has 3 heteroatoms. The molecule has 0 heterocycles. The van der Waals surface area contributed by atoms with Gasteiger partial charge in [-0.25, -0.2) is 0 Å². The number of hydrogen-bond acceptors (Lipinski definition) is 1. The second kappa shape index (κ2) is 6.13. The van der Waals surface area contributed by atoms with E-state index in [1.54, 1.807) is 18.2 Å². The largest absolute Gasteiger partial charge is 0.198 e. The molecular weight excluding hydrogens is 241 g/mol. The maximum absolute atomic E-state index is 9.26. The Labute approximate surface area is 107 Å². The second-order valence-corrected chi connectivity index (χ2v) is 4.82. The van der Waals surface area contributed by atoms with Gasteiger partial charge in [-0.2, -0.15) is 5.26 Å². The Morgan fingerprint density at radius 1 is 1.31 bits per heavy atom. The first-order chi connectivity index (χ1) is 7.61. The van der Waals surface area contributed by atoms with E-state index in [2.05, 4.69) is 19.9 Å². The van der Waals surface area contributed by atoms with Crippen molar-refractivity contribution in [3.8, 4) is 6.07 Å². The maximum atomic E-state index is 9.26. The lowest BCUT2D eigenvalue weighted by Gasteiger charge is -2.19. The van der Waals surface area contributed by atoms with Gasteiger partial charge in [0.15, 0.2) is 0 Å². The smallest absolute Gasteiger partial charge is 0.0767 e. The van der Waals surface area contributed by atoms with Crippen LogP contribution in [0.5, 0.6) is 0 Å². The van der Waals surface area contributed by atoms with Crippen LogP contribution in [0.1, 0.15) is 38.2 Å². The summed E-state index contributed by atoms with van der Waals surface area (Å²) >= 11 is 12.2. The molecule has 1 nitrogen and oxygen atoms in total. The lowest BCUT2D eigenvalue weighted by atomic mass is 9.85. The normalized spacial score (nSPS) is 14.2. The van der Waals surface area contributed by atoms with Gasteiger partial charge in [0, 0.05) is 15.6 Å². The zero-order valence-electron chi connectivity index (χ0n) is 9.50. The number of nitrogens with zero attached hydrogens (tertiary/aromatic N) is 1. The van der Waals surface area contributed by atoms with Crippen LogP contribution in [-0.4, -0.2) is 0 Å². The van der Waals surface area contributed by atoms with Crippen LogP contribution in [0.4, 0.5) is 0 Å². The molecule has 1 rings (SSSR count). The monoisotopic (exact) mass is 255 g/mol. The van der Waals surface area contributed by atoms with E-state index < -0.39 is 0 Å². The molecule has 0 radical (unpaired) electrons. The second-order valence-electron chi connectivity index (χ2n) is 4.01. The van der Waals surface area contributed by atoms with E-state index in [0.29, 0.717) is 10.0 Å². The van der Waals surface area contributed by atoms with Gasteiger partial charge in [0.2, 0.25) is 0 Å². The number of benzene rings is 1. The predicted molar refractivity (Wildman–Crippen MR) is 68.9 cm³/mol. The van der Waals surface area contributed by atoms with Gasteiger partial charge >= 0.3 is 0 Å². The third-order valence-corrected chi connectivity index (χ3v) is 3.42. The van der Waals surface area contributed by atoms with Gasteiger partial charge in [0.25, 0.3) is 0 Å². The Bertz CT molecular complexity index is 375. The standard InChI is InChI=1S/C13H15Cl2N/c1-3-5-9(2)10(8-16)13-11(14)6-4-7-12(13)15/h4,6-7,9-10H,3,5H2,1-2H3. The molecule has 0 saturated carbocycles. The third kappa shape index (κ3) is 2.90. The summed E-state index contributed by atoms with van der Waals surface area (Å²) in [5, 5.41) is 10.4. The summed E-state index contributed by atoms with van der Waals surface area (Å²) in [6.07, 6.45) is 2.06. The Balaban J connectivity index is 3.09. The summed E-state index contributed by atoms with van der Waals surface area (Å²) in [4.78, 5) is 0. The minimum atomic E-state index is -0.221. The summed E-state index contributed by atoms with van der Waals surface area (Å²) in [5.74, 6) is 0.0496. The van der Waals surface area contributed by atoms with Crippen molar-refractivity contribution in [2.24, 2.45) is 5.92 Å². The SMILES string of the molecule is CCCC(C)C(C#N)c1c(Cl)cccc1Cl. The van der Waals surface area contributed by atoms with E-state index in [-0.39, 0.29) is 11.8 Å². The topological polar surface area (TPSA) is 23.8 Å². The van der Waals surface area contributed by atoms with Gasteiger partial charge in [-0.05, 0) is 24.5 Å². The summed E-state index contributed by atoms with van der Waals surface area (Å²) in [5.41, 5.74) is 0.772. The van der Waals surface area contributed by atoms with Gasteiger partial charge in [-0.15, -0.1) is 0 Å². The Hall–Kier alpha value is -0.710. The van der Waals surface area contributed by atoms with Gasteiger partial charge < -0.3 is 0 Å². The molecule has 0 bridgehead atoms. The lowest BCUT2D eigenvalue weighted by molar-refractivity contribution is 0.484. The molecule has 1 aromatic rings. The van der Waals surface area contributed by atoms with E-state index in [9.17, 15) is 5.26 Å². The molecule has 0 fully saturated rings. The summed E-state index contributed by atoms with van der Waals surface area (Å²) in [6, 6.07) is 7.68. The molecule has 0 aliphatic rings. The Kier molecular flexibility index (Phi) is 5.12. The molecule has 0 amide bonds. The van der Waals surface area contributed by atoms with Crippen molar-refractivity contribution in [2.45, 2.75) is 32.6 Å². The van der Waals surface area contributed by atoms with E-state index >= 15 is 0 Å². The van der Waals surface area contributed by atoms with Crippen LogP contribution in [0.15, 0.2) is 18.2 Å². The molecule has 16 heavy (non-hydrogen) atoms. The molecular formula is C13H15Cl2N. The summed E-state index contributed by atoms with van der Waals surface area (Å²) in [7, 11) is 0. The first-order valence-electron chi connectivity index (χ1n) is 5.45. The van der Waals surface area contributed by atoms with Crippen molar-refractivity contribution in [3.63, 3.8) is 0 Å². The molecule has 0 aromatic heterocycles. The van der Waals surface area contributed by atoms with Crippen molar-refractivity contribution in [1.82, 2.24) is 0 Å². The number of rotatable bonds is 4. The first-order valence-corrected chi connectivity index (χ1v) is 6.20. The molecule has 86 valence electrons. The summed E-state index contributed by atoms with van der Waals surface area (Å²) < 4.78 is 0. The molecule has 0 spiro atoms. The zero-order chi connectivity index (χ0) is 12.1. The zero-order valence-corrected chi connectivity index (χ0v) is 11.0. The van der Waals surface area contributed by atoms with Crippen LogP contribution in [0, 0.1) is 17.2 Å². The fraction of sp³-hybridized carbons (Fsp3) is 0.462. The molecule has 0 saturated heterocycles. The van der Waals surface area contributed by atoms with Crippen LogP contribution in [0.2, 0.25) is 10.0 Å². The van der Waals surface area contributed by atoms with Crippen LogP contribution in [0.25, 0.3) is 0 Å². The molecule has 0 N–H and O–H groups in total. The molecule has 0 aliphatic carbocycles.